The van der Waals surface area contributed by atoms with Gasteiger partial charge in [0.2, 0.25) is 0 Å². The van der Waals surface area contributed by atoms with Gasteiger partial charge in [-0.2, -0.15) is 0 Å². The number of anilines is 1. The molecule has 1 aromatic carbocycles. The van der Waals surface area contributed by atoms with Crippen LogP contribution in [0.15, 0.2) is 18.2 Å². The Morgan fingerprint density at radius 1 is 1.33 bits per heavy atom. The molecule has 3 nitrogen and oxygen atoms in total. The van der Waals surface area contributed by atoms with E-state index in [1.807, 2.05) is 0 Å². The van der Waals surface area contributed by atoms with E-state index in [0.29, 0.717) is 22.2 Å². The van der Waals surface area contributed by atoms with Crippen LogP contribution in [0.4, 0.5) is 5.69 Å². The van der Waals surface area contributed by atoms with Crippen LogP contribution in [0.2, 0.25) is 5.02 Å². The quantitative estimate of drug-likeness (QED) is 0.660. The van der Waals surface area contributed by atoms with Crippen molar-refractivity contribution in [3.63, 3.8) is 0 Å². The number of esters is 1. The van der Waals surface area contributed by atoms with E-state index in [1.54, 1.807) is 18.2 Å². The van der Waals surface area contributed by atoms with E-state index in [4.69, 9.17) is 22.1 Å². The Labute approximate surface area is 111 Å². The van der Waals surface area contributed by atoms with Gasteiger partial charge in [0.1, 0.15) is 11.7 Å². The molecular weight excluding hydrogens is 250 g/mol. The molecule has 2 saturated carbocycles. The third-order valence-electron chi connectivity index (χ3n) is 4.18. The van der Waals surface area contributed by atoms with Gasteiger partial charge in [-0.1, -0.05) is 17.7 Å². The van der Waals surface area contributed by atoms with Gasteiger partial charge in [0, 0.05) is 5.69 Å². The molecule has 0 aromatic heterocycles. The summed E-state index contributed by atoms with van der Waals surface area (Å²) in [5.74, 6) is 0.912. The van der Waals surface area contributed by atoms with Crippen molar-refractivity contribution in [2.45, 2.75) is 31.8 Å². The van der Waals surface area contributed by atoms with Gasteiger partial charge >= 0.3 is 5.97 Å². The van der Waals surface area contributed by atoms with Crippen molar-refractivity contribution in [1.29, 1.82) is 0 Å². The van der Waals surface area contributed by atoms with E-state index >= 15 is 0 Å². The third kappa shape index (κ3) is 1.97. The van der Waals surface area contributed by atoms with Crippen LogP contribution in [0.5, 0.6) is 0 Å². The van der Waals surface area contributed by atoms with Gasteiger partial charge in [0.25, 0.3) is 0 Å². The molecule has 3 rings (SSSR count). The zero-order chi connectivity index (χ0) is 12.7. The van der Waals surface area contributed by atoms with Crippen LogP contribution in [-0.4, -0.2) is 12.1 Å². The highest BCUT2D eigenvalue weighted by Crippen LogP contribution is 2.46. The molecule has 0 heterocycles. The molecule has 96 valence electrons. The van der Waals surface area contributed by atoms with Gasteiger partial charge < -0.3 is 10.5 Å². The fourth-order valence-corrected chi connectivity index (χ4v) is 3.54. The first kappa shape index (κ1) is 11.8. The molecule has 0 saturated heterocycles. The molecular formula is C14H16ClNO2. The Morgan fingerprint density at radius 3 is 2.78 bits per heavy atom. The molecule has 2 bridgehead atoms. The van der Waals surface area contributed by atoms with Crippen LogP contribution >= 0.6 is 11.6 Å². The highest BCUT2D eigenvalue weighted by Gasteiger charge is 2.42. The molecule has 18 heavy (non-hydrogen) atoms. The highest BCUT2D eigenvalue weighted by molar-refractivity contribution is 6.34. The number of carbonyl (C=O) groups is 1. The van der Waals surface area contributed by atoms with Gasteiger partial charge in [-0.05, 0) is 49.7 Å². The predicted molar refractivity (Wildman–Crippen MR) is 70.5 cm³/mol. The largest absolute Gasteiger partial charge is 0.458 e. The smallest absolute Gasteiger partial charge is 0.342 e. The summed E-state index contributed by atoms with van der Waals surface area (Å²) >= 11 is 6.01. The van der Waals surface area contributed by atoms with Crippen molar-refractivity contribution in [2.75, 3.05) is 5.73 Å². The van der Waals surface area contributed by atoms with Crippen molar-refractivity contribution in [2.24, 2.45) is 11.8 Å². The van der Waals surface area contributed by atoms with Gasteiger partial charge in [-0.15, -0.1) is 0 Å². The van der Waals surface area contributed by atoms with E-state index in [0.717, 1.165) is 12.3 Å². The molecule has 2 aliphatic carbocycles. The van der Waals surface area contributed by atoms with Gasteiger partial charge in [0.15, 0.2) is 0 Å². The summed E-state index contributed by atoms with van der Waals surface area (Å²) in [6.45, 7) is 0. The lowest BCUT2D eigenvalue weighted by Crippen LogP contribution is -2.24. The van der Waals surface area contributed by atoms with E-state index in [9.17, 15) is 4.79 Å². The number of nitrogens with two attached hydrogens (primary N) is 1. The van der Waals surface area contributed by atoms with Crippen LogP contribution in [0.3, 0.4) is 0 Å². The minimum Gasteiger partial charge on any atom is -0.458 e. The number of halogens is 1. The molecule has 0 radical (unpaired) electrons. The zero-order valence-corrected chi connectivity index (χ0v) is 10.8. The fraction of sp³-hybridized carbons (Fsp3) is 0.500. The average molecular weight is 266 g/mol. The van der Waals surface area contributed by atoms with Crippen molar-refractivity contribution < 1.29 is 9.53 Å². The molecule has 3 unspecified atom stereocenters. The second-order valence-electron chi connectivity index (χ2n) is 5.32. The van der Waals surface area contributed by atoms with Crippen LogP contribution < -0.4 is 5.73 Å². The molecule has 2 fully saturated rings. The summed E-state index contributed by atoms with van der Waals surface area (Å²) in [4.78, 5) is 12.1. The molecule has 1 aromatic rings. The summed E-state index contributed by atoms with van der Waals surface area (Å²) in [7, 11) is 0. The SMILES string of the molecule is Nc1cccc(Cl)c1C(=O)OC1CC2CCC1C2. The number of hydrogen-bond donors (Lipinski definition) is 1. The number of fused-ring (bicyclic) bond motifs is 2. The Bertz CT molecular complexity index is 468. The predicted octanol–water partition coefficient (Wildman–Crippen LogP) is 3.27. The number of ether oxygens (including phenoxy) is 1. The first-order chi connectivity index (χ1) is 8.65. The highest BCUT2D eigenvalue weighted by atomic mass is 35.5. The van der Waals surface area contributed by atoms with Gasteiger partial charge in [-0.25, -0.2) is 4.79 Å². The number of nitrogen functional groups attached to an aromatic ring is 1. The van der Waals surface area contributed by atoms with Crippen LogP contribution in [-0.2, 0) is 4.74 Å². The Balaban J connectivity index is 1.75. The van der Waals surface area contributed by atoms with E-state index in [2.05, 4.69) is 0 Å². The van der Waals surface area contributed by atoms with Crippen molar-refractivity contribution in [1.82, 2.24) is 0 Å². The average Bonchev–Trinajstić information content (AvgIpc) is 2.90. The Kier molecular flexibility index (Phi) is 2.94. The molecule has 0 amide bonds. The minimum absolute atomic E-state index is 0.0620. The maximum atomic E-state index is 12.1. The molecule has 0 spiro atoms. The lowest BCUT2D eigenvalue weighted by Gasteiger charge is -2.22. The van der Waals surface area contributed by atoms with Crippen LogP contribution in [0, 0.1) is 11.8 Å². The molecule has 3 atom stereocenters. The normalized spacial score (nSPS) is 29.5. The van der Waals surface area contributed by atoms with Gasteiger partial charge in [0.05, 0.1) is 5.02 Å². The number of hydrogen-bond acceptors (Lipinski definition) is 3. The topological polar surface area (TPSA) is 52.3 Å². The lowest BCUT2D eigenvalue weighted by molar-refractivity contribution is 0.0160. The summed E-state index contributed by atoms with van der Waals surface area (Å²) < 4.78 is 5.59. The number of carbonyl (C=O) groups excluding carboxylic acids is 1. The van der Waals surface area contributed by atoms with Crippen molar-refractivity contribution in [3.8, 4) is 0 Å². The lowest BCUT2D eigenvalue weighted by atomic mass is 9.97. The molecule has 0 aliphatic heterocycles. The second-order valence-corrected chi connectivity index (χ2v) is 5.73. The van der Waals surface area contributed by atoms with E-state index in [-0.39, 0.29) is 12.1 Å². The van der Waals surface area contributed by atoms with Crippen LogP contribution in [0.25, 0.3) is 0 Å². The standard InChI is InChI=1S/C14H16ClNO2/c15-10-2-1-3-11(16)13(10)14(17)18-12-7-8-4-5-9(12)6-8/h1-3,8-9,12H,4-7,16H2. The monoisotopic (exact) mass is 265 g/mol. The maximum Gasteiger partial charge on any atom is 0.342 e. The van der Waals surface area contributed by atoms with E-state index in [1.165, 1.54) is 19.3 Å². The summed E-state index contributed by atoms with van der Waals surface area (Å²) in [6.07, 6.45) is 4.73. The Hall–Kier alpha value is -1.22. The van der Waals surface area contributed by atoms with E-state index < -0.39 is 0 Å². The van der Waals surface area contributed by atoms with Crippen molar-refractivity contribution in [3.05, 3.63) is 28.8 Å². The summed E-state index contributed by atoms with van der Waals surface area (Å²) in [6, 6.07) is 5.06. The summed E-state index contributed by atoms with van der Waals surface area (Å²) in [5, 5.41) is 0.364. The first-order valence-electron chi connectivity index (χ1n) is 6.40. The third-order valence-corrected chi connectivity index (χ3v) is 4.50. The van der Waals surface area contributed by atoms with Crippen LogP contribution in [0.1, 0.15) is 36.0 Å². The molecule has 2 aliphatic rings. The zero-order valence-electron chi connectivity index (χ0n) is 10.1. The number of benzene rings is 1. The Morgan fingerprint density at radius 2 is 2.17 bits per heavy atom. The minimum atomic E-state index is -0.379. The summed E-state index contributed by atoms with van der Waals surface area (Å²) in [5.41, 5.74) is 6.48. The maximum absolute atomic E-state index is 12.1. The fourth-order valence-electron chi connectivity index (χ4n) is 3.28. The number of rotatable bonds is 2. The molecule has 4 heteroatoms. The van der Waals surface area contributed by atoms with Crippen molar-refractivity contribution >= 4 is 23.3 Å². The first-order valence-corrected chi connectivity index (χ1v) is 6.78. The molecule has 2 N–H and O–H groups in total. The van der Waals surface area contributed by atoms with Gasteiger partial charge in [-0.3, -0.25) is 0 Å². The second kappa shape index (κ2) is 4.47.